The highest BCUT2D eigenvalue weighted by Crippen LogP contribution is 2.19. The first-order chi connectivity index (χ1) is 10.4. The number of nitrogens with one attached hydrogen (secondary N) is 1. The molecule has 0 aliphatic rings. The molecule has 0 aliphatic carbocycles. The maximum Gasteiger partial charge on any atom is 0.303 e. The Morgan fingerprint density at radius 3 is 2.50 bits per heavy atom. The summed E-state index contributed by atoms with van der Waals surface area (Å²) >= 11 is 0. The maximum absolute atomic E-state index is 12.3. The Kier molecular flexibility index (Phi) is 4.89. The van der Waals surface area contributed by atoms with Crippen LogP contribution in [-0.2, 0) is 19.6 Å². The van der Waals surface area contributed by atoms with Crippen molar-refractivity contribution in [2.45, 2.75) is 23.8 Å². The standard InChI is InChI=1S/C15H15NO5S/c17-10-13(6-8-15(18)19)16-22(20,21)14-7-5-11-3-1-2-4-12(11)9-14/h1-5,7,9-10,13,16H,6,8H2,(H,18,19)/t13-/m1/s1. The fourth-order valence-corrected chi connectivity index (χ4v) is 3.27. The molecule has 0 radical (unpaired) electrons. The van der Waals surface area contributed by atoms with Gasteiger partial charge >= 0.3 is 5.97 Å². The van der Waals surface area contributed by atoms with Crippen LogP contribution >= 0.6 is 0 Å². The van der Waals surface area contributed by atoms with Gasteiger partial charge in [0.2, 0.25) is 10.0 Å². The summed E-state index contributed by atoms with van der Waals surface area (Å²) < 4.78 is 26.8. The van der Waals surface area contributed by atoms with E-state index in [4.69, 9.17) is 5.11 Å². The number of hydrogen-bond acceptors (Lipinski definition) is 4. The molecule has 7 heteroatoms. The minimum atomic E-state index is -3.89. The number of rotatable bonds is 7. The average Bonchev–Trinajstić information content (AvgIpc) is 2.50. The lowest BCUT2D eigenvalue weighted by atomic mass is 10.1. The molecule has 22 heavy (non-hydrogen) atoms. The van der Waals surface area contributed by atoms with Crippen LogP contribution in [0, 0.1) is 0 Å². The zero-order valence-electron chi connectivity index (χ0n) is 11.6. The highest BCUT2D eigenvalue weighted by molar-refractivity contribution is 7.89. The van der Waals surface area contributed by atoms with Crippen LogP contribution in [-0.4, -0.2) is 31.8 Å². The van der Waals surface area contributed by atoms with Crippen LogP contribution in [0.1, 0.15) is 12.8 Å². The van der Waals surface area contributed by atoms with E-state index in [-0.39, 0.29) is 17.7 Å². The number of carboxylic acid groups (broad SMARTS) is 1. The lowest BCUT2D eigenvalue weighted by Gasteiger charge is -2.12. The number of aldehydes is 1. The van der Waals surface area contributed by atoms with Crippen molar-refractivity contribution in [2.24, 2.45) is 0 Å². The molecule has 0 saturated heterocycles. The van der Waals surface area contributed by atoms with Gasteiger partial charge in [-0.05, 0) is 29.3 Å². The molecule has 0 amide bonds. The normalized spacial score (nSPS) is 12.9. The zero-order valence-corrected chi connectivity index (χ0v) is 12.4. The van der Waals surface area contributed by atoms with Crippen molar-refractivity contribution in [1.29, 1.82) is 0 Å². The predicted molar refractivity (Wildman–Crippen MR) is 81.0 cm³/mol. The number of aliphatic carboxylic acids is 1. The zero-order chi connectivity index (χ0) is 16.2. The smallest absolute Gasteiger partial charge is 0.303 e. The molecule has 0 heterocycles. The van der Waals surface area contributed by atoms with Gasteiger partial charge in [0.25, 0.3) is 0 Å². The molecule has 0 aromatic heterocycles. The molecule has 0 unspecified atom stereocenters. The Hall–Kier alpha value is -2.25. The summed E-state index contributed by atoms with van der Waals surface area (Å²) in [6.45, 7) is 0. The van der Waals surface area contributed by atoms with E-state index in [0.29, 0.717) is 6.29 Å². The molecule has 0 fully saturated rings. The fourth-order valence-electron chi connectivity index (χ4n) is 2.04. The SMILES string of the molecule is O=C[C@@H](CCC(=O)O)NS(=O)(=O)c1ccc2ccccc2c1. The molecule has 2 aromatic carbocycles. The van der Waals surface area contributed by atoms with E-state index >= 15 is 0 Å². The van der Waals surface area contributed by atoms with E-state index in [2.05, 4.69) is 4.72 Å². The number of carboxylic acids is 1. The first-order valence-electron chi connectivity index (χ1n) is 6.60. The van der Waals surface area contributed by atoms with Crippen LogP contribution in [0.4, 0.5) is 0 Å². The average molecular weight is 321 g/mol. The largest absolute Gasteiger partial charge is 0.481 e. The number of hydrogen-bond donors (Lipinski definition) is 2. The van der Waals surface area contributed by atoms with Gasteiger partial charge in [0.15, 0.2) is 0 Å². The Labute approximate surface area is 127 Å². The van der Waals surface area contributed by atoms with E-state index in [1.165, 1.54) is 12.1 Å². The topological polar surface area (TPSA) is 101 Å². The van der Waals surface area contributed by atoms with Gasteiger partial charge in [-0.15, -0.1) is 0 Å². The Morgan fingerprint density at radius 1 is 1.18 bits per heavy atom. The molecular weight excluding hydrogens is 306 g/mol. The fraction of sp³-hybridized carbons (Fsp3) is 0.200. The van der Waals surface area contributed by atoms with Gasteiger partial charge in [0.1, 0.15) is 6.29 Å². The predicted octanol–water partition coefficient (Wildman–Crippen LogP) is 1.55. The number of fused-ring (bicyclic) bond motifs is 1. The van der Waals surface area contributed by atoms with Crippen molar-refractivity contribution in [2.75, 3.05) is 0 Å². The number of benzene rings is 2. The van der Waals surface area contributed by atoms with Gasteiger partial charge in [-0.25, -0.2) is 13.1 Å². The van der Waals surface area contributed by atoms with Crippen molar-refractivity contribution < 1.29 is 23.1 Å². The molecule has 0 aliphatic heterocycles. The van der Waals surface area contributed by atoms with Crippen LogP contribution < -0.4 is 4.72 Å². The van der Waals surface area contributed by atoms with E-state index in [9.17, 15) is 18.0 Å². The molecule has 2 N–H and O–H groups in total. The van der Waals surface area contributed by atoms with Crippen molar-refractivity contribution >= 4 is 33.1 Å². The van der Waals surface area contributed by atoms with Crippen LogP contribution in [0.25, 0.3) is 10.8 Å². The van der Waals surface area contributed by atoms with Gasteiger partial charge in [-0.3, -0.25) is 4.79 Å². The molecule has 116 valence electrons. The van der Waals surface area contributed by atoms with Gasteiger partial charge in [0.05, 0.1) is 10.9 Å². The molecule has 2 aromatic rings. The summed E-state index contributed by atoms with van der Waals surface area (Å²) in [6, 6.07) is 10.9. The lowest BCUT2D eigenvalue weighted by molar-refractivity contribution is -0.137. The van der Waals surface area contributed by atoms with E-state index < -0.39 is 22.0 Å². The van der Waals surface area contributed by atoms with E-state index in [1.54, 1.807) is 18.2 Å². The summed E-state index contributed by atoms with van der Waals surface area (Å²) in [5, 5.41) is 10.3. The van der Waals surface area contributed by atoms with Crippen LogP contribution in [0.2, 0.25) is 0 Å². The summed E-state index contributed by atoms with van der Waals surface area (Å²) in [5.74, 6) is -1.09. The molecule has 0 spiro atoms. The van der Waals surface area contributed by atoms with E-state index in [1.807, 2.05) is 12.1 Å². The Bertz CT molecular complexity index is 800. The van der Waals surface area contributed by atoms with E-state index in [0.717, 1.165) is 10.8 Å². The Balaban J connectivity index is 2.23. The third-order valence-corrected chi connectivity index (χ3v) is 4.66. The van der Waals surface area contributed by atoms with Crippen molar-refractivity contribution in [3.63, 3.8) is 0 Å². The molecule has 2 rings (SSSR count). The second-order valence-electron chi connectivity index (χ2n) is 4.81. The summed E-state index contributed by atoms with van der Waals surface area (Å²) in [5.41, 5.74) is 0. The second-order valence-corrected chi connectivity index (χ2v) is 6.52. The van der Waals surface area contributed by atoms with Gasteiger partial charge in [-0.1, -0.05) is 30.3 Å². The molecule has 0 bridgehead atoms. The van der Waals surface area contributed by atoms with Crippen LogP contribution in [0.5, 0.6) is 0 Å². The third kappa shape index (κ3) is 3.90. The first kappa shape index (κ1) is 16.1. The lowest BCUT2D eigenvalue weighted by Crippen LogP contribution is -2.36. The Morgan fingerprint density at radius 2 is 1.86 bits per heavy atom. The first-order valence-corrected chi connectivity index (χ1v) is 8.09. The molecule has 6 nitrogen and oxygen atoms in total. The molecule has 1 atom stereocenters. The van der Waals surface area contributed by atoms with Crippen LogP contribution in [0.15, 0.2) is 47.4 Å². The quantitative estimate of drug-likeness (QED) is 0.754. The minimum Gasteiger partial charge on any atom is -0.481 e. The van der Waals surface area contributed by atoms with Crippen molar-refractivity contribution in [3.8, 4) is 0 Å². The summed E-state index contributed by atoms with van der Waals surface area (Å²) in [6.07, 6.45) is 0.0246. The third-order valence-electron chi connectivity index (χ3n) is 3.17. The molecule has 0 saturated carbocycles. The minimum absolute atomic E-state index is 0.0355. The van der Waals surface area contributed by atoms with Crippen molar-refractivity contribution in [3.05, 3.63) is 42.5 Å². The second kappa shape index (κ2) is 6.67. The van der Waals surface area contributed by atoms with Gasteiger partial charge in [0, 0.05) is 6.42 Å². The van der Waals surface area contributed by atoms with Crippen molar-refractivity contribution in [1.82, 2.24) is 4.72 Å². The summed E-state index contributed by atoms with van der Waals surface area (Å²) in [4.78, 5) is 21.5. The number of carbonyl (C=O) groups excluding carboxylic acids is 1. The maximum atomic E-state index is 12.3. The summed E-state index contributed by atoms with van der Waals surface area (Å²) in [7, 11) is -3.89. The van der Waals surface area contributed by atoms with Gasteiger partial charge in [-0.2, -0.15) is 0 Å². The van der Waals surface area contributed by atoms with Crippen LogP contribution in [0.3, 0.4) is 0 Å². The highest BCUT2D eigenvalue weighted by Gasteiger charge is 2.20. The number of carbonyl (C=O) groups is 2. The molecular formula is C15H15NO5S. The van der Waals surface area contributed by atoms with Gasteiger partial charge < -0.3 is 9.90 Å². The highest BCUT2D eigenvalue weighted by atomic mass is 32.2. The number of sulfonamides is 1. The monoisotopic (exact) mass is 321 g/mol.